The van der Waals surface area contributed by atoms with Crippen LogP contribution < -0.4 is 9.47 Å². The maximum absolute atomic E-state index is 14.6. The summed E-state index contributed by atoms with van der Waals surface area (Å²) in [6.07, 6.45) is 0.778. The molecule has 2 aromatic rings. The Morgan fingerprint density at radius 3 is 2.24 bits per heavy atom. The van der Waals surface area contributed by atoms with Gasteiger partial charge in [-0.2, -0.15) is 0 Å². The number of carboxylic acids is 1. The van der Waals surface area contributed by atoms with E-state index in [9.17, 15) is 13.6 Å². The fourth-order valence-electron chi connectivity index (χ4n) is 3.33. The van der Waals surface area contributed by atoms with Crippen molar-refractivity contribution in [1.29, 1.82) is 0 Å². The molecule has 2 aromatic carbocycles. The molecule has 3 rings (SSSR count). The lowest BCUT2D eigenvalue weighted by Gasteiger charge is -2.18. The van der Waals surface area contributed by atoms with Crippen molar-refractivity contribution in [3.05, 3.63) is 58.2 Å². The van der Waals surface area contributed by atoms with E-state index in [4.69, 9.17) is 14.6 Å². The molecule has 0 bridgehead atoms. The number of carboxylic acid groups (broad SMARTS) is 1. The van der Waals surface area contributed by atoms with Gasteiger partial charge >= 0.3 is 5.97 Å². The topological polar surface area (TPSA) is 55.8 Å². The van der Waals surface area contributed by atoms with E-state index in [-0.39, 0.29) is 31.0 Å². The van der Waals surface area contributed by atoms with Crippen LogP contribution in [0.5, 0.6) is 11.5 Å². The summed E-state index contributed by atoms with van der Waals surface area (Å²) in [5.74, 6) is -1.21. The molecule has 1 N–H and O–H groups in total. The van der Waals surface area contributed by atoms with Gasteiger partial charge in [0.1, 0.15) is 23.8 Å². The Kier molecular flexibility index (Phi) is 13.3. The molecule has 1 aliphatic heterocycles. The number of rotatable bonds is 6. The van der Waals surface area contributed by atoms with E-state index in [1.807, 2.05) is 55.4 Å². The number of aryl methyl sites for hydroxylation is 1. The zero-order valence-corrected chi connectivity index (χ0v) is 21.6. The first kappa shape index (κ1) is 30.4. The molecule has 0 saturated carbocycles. The second-order valence-electron chi connectivity index (χ2n) is 7.44. The van der Waals surface area contributed by atoms with Gasteiger partial charge in [0.2, 0.25) is 0 Å². The van der Waals surface area contributed by atoms with Crippen molar-refractivity contribution < 1.29 is 28.2 Å². The maximum atomic E-state index is 14.6. The van der Waals surface area contributed by atoms with Gasteiger partial charge < -0.3 is 14.6 Å². The smallest absolute Gasteiger partial charge is 0.303 e. The number of carbonyl (C=O) groups is 1. The third-order valence-corrected chi connectivity index (χ3v) is 4.66. The lowest BCUT2D eigenvalue weighted by atomic mass is 10.0. The highest BCUT2D eigenvalue weighted by Crippen LogP contribution is 2.39. The van der Waals surface area contributed by atoms with Crippen molar-refractivity contribution in [2.24, 2.45) is 0 Å². The number of halogens is 2. The van der Waals surface area contributed by atoms with E-state index < -0.39 is 17.4 Å². The molecule has 1 heterocycles. The lowest BCUT2D eigenvalue weighted by molar-refractivity contribution is -0.136. The predicted octanol–water partition coefficient (Wildman–Crippen LogP) is 7.66. The SMILES string of the molecule is CC.CC.CC.Cc1c(CCC(=O)O)ccc(OCc2cc(F)cc3c2OC(C)(C)C3)c1F. The van der Waals surface area contributed by atoms with Crippen LogP contribution in [0.25, 0.3) is 0 Å². The molecule has 6 heteroatoms. The summed E-state index contributed by atoms with van der Waals surface area (Å²) in [5, 5.41) is 8.78. The summed E-state index contributed by atoms with van der Waals surface area (Å²) >= 11 is 0. The molecule has 0 atom stereocenters. The second-order valence-corrected chi connectivity index (χ2v) is 7.44. The van der Waals surface area contributed by atoms with Gasteiger partial charge in [-0.15, -0.1) is 0 Å². The van der Waals surface area contributed by atoms with Crippen molar-refractivity contribution in [1.82, 2.24) is 0 Å². The summed E-state index contributed by atoms with van der Waals surface area (Å²) < 4.78 is 40.0. The van der Waals surface area contributed by atoms with Crippen molar-refractivity contribution in [2.45, 2.75) is 93.8 Å². The molecule has 0 radical (unpaired) electrons. The standard InChI is InChI=1S/C21H22F2O4.3C2H6/c1-12-13(5-7-18(24)25)4-6-17(19(12)23)26-11-15-9-16(22)8-14-10-21(2,3)27-20(14)15;3*1-2/h4,6,8-9H,5,7,10-11H2,1-3H3,(H,24,25);3*1-2H3. The number of hydrogen-bond donors (Lipinski definition) is 1. The molecule has 186 valence electrons. The Morgan fingerprint density at radius 1 is 1.06 bits per heavy atom. The number of aliphatic carboxylic acids is 1. The van der Waals surface area contributed by atoms with E-state index in [1.165, 1.54) is 18.2 Å². The molecular weight excluding hydrogens is 426 g/mol. The van der Waals surface area contributed by atoms with Gasteiger partial charge in [0.15, 0.2) is 11.6 Å². The first-order chi connectivity index (χ1) is 15.7. The van der Waals surface area contributed by atoms with Crippen LogP contribution in [0.2, 0.25) is 0 Å². The van der Waals surface area contributed by atoms with Gasteiger partial charge in [0.05, 0.1) is 0 Å². The quantitative estimate of drug-likeness (QED) is 0.475. The third kappa shape index (κ3) is 8.67. The largest absolute Gasteiger partial charge is 0.487 e. The second kappa shape index (κ2) is 14.5. The average Bonchev–Trinajstić information content (AvgIpc) is 3.11. The predicted molar refractivity (Wildman–Crippen MR) is 130 cm³/mol. The van der Waals surface area contributed by atoms with Crippen LogP contribution >= 0.6 is 0 Å². The molecule has 0 spiro atoms. The van der Waals surface area contributed by atoms with E-state index in [0.29, 0.717) is 28.9 Å². The first-order valence-electron chi connectivity index (χ1n) is 11.8. The molecular formula is C27H40F2O4. The number of ether oxygens (including phenoxy) is 2. The summed E-state index contributed by atoms with van der Waals surface area (Å²) in [5.41, 5.74) is 1.87. The minimum Gasteiger partial charge on any atom is -0.487 e. The Morgan fingerprint density at radius 2 is 1.67 bits per heavy atom. The zero-order valence-electron chi connectivity index (χ0n) is 21.6. The van der Waals surface area contributed by atoms with Crippen LogP contribution in [0.4, 0.5) is 8.78 Å². The number of fused-ring (bicyclic) bond motifs is 1. The molecule has 1 aliphatic rings. The van der Waals surface area contributed by atoms with Gasteiger partial charge in [-0.3, -0.25) is 4.79 Å². The number of benzene rings is 2. The van der Waals surface area contributed by atoms with Crippen LogP contribution in [0.15, 0.2) is 24.3 Å². The first-order valence-corrected chi connectivity index (χ1v) is 11.8. The monoisotopic (exact) mass is 466 g/mol. The molecule has 0 aliphatic carbocycles. The zero-order chi connectivity index (χ0) is 25.8. The molecule has 4 nitrogen and oxygen atoms in total. The summed E-state index contributed by atoms with van der Waals surface area (Å²) in [6.45, 7) is 17.4. The van der Waals surface area contributed by atoms with Crippen molar-refractivity contribution in [3.8, 4) is 11.5 Å². The highest BCUT2D eigenvalue weighted by Gasteiger charge is 2.32. The fourth-order valence-corrected chi connectivity index (χ4v) is 3.33. The van der Waals surface area contributed by atoms with Crippen molar-refractivity contribution in [3.63, 3.8) is 0 Å². The normalized spacial score (nSPS) is 12.5. The summed E-state index contributed by atoms with van der Waals surface area (Å²) in [6, 6.07) is 5.93. The highest BCUT2D eigenvalue weighted by atomic mass is 19.1. The Balaban J connectivity index is 0.00000158. The van der Waals surface area contributed by atoms with Gasteiger partial charge in [0.25, 0.3) is 0 Å². The molecule has 0 fully saturated rings. The minimum atomic E-state index is -0.932. The minimum absolute atomic E-state index is 0.0268. The van der Waals surface area contributed by atoms with Crippen LogP contribution in [0.1, 0.15) is 84.1 Å². The van der Waals surface area contributed by atoms with Gasteiger partial charge in [-0.25, -0.2) is 8.78 Å². The van der Waals surface area contributed by atoms with Crippen molar-refractivity contribution >= 4 is 5.97 Å². The molecule has 33 heavy (non-hydrogen) atoms. The van der Waals surface area contributed by atoms with E-state index in [2.05, 4.69) is 0 Å². The molecule has 0 unspecified atom stereocenters. The Hall–Kier alpha value is -2.63. The Labute approximate surface area is 197 Å². The van der Waals surface area contributed by atoms with Crippen LogP contribution in [0, 0.1) is 18.6 Å². The summed E-state index contributed by atoms with van der Waals surface area (Å²) in [7, 11) is 0. The van der Waals surface area contributed by atoms with Gasteiger partial charge in [-0.1, -0.05) is 47.6 Å². The van der Waals surface area contributed by atoms with E-state index >= 15 is 0 Å². The third-order valence-electron chi connectivity index (χ3n) is 4.66. The molecule has 0 amide bonds. The summed E-state index contributed by atoms with van der Waals surface area (Å²) in [4.78, 5) is 10.7. The van der Waals surface area contributed by atoms with Crippen LogP contribution in [-0.2, 0) is 24.2 Å². The molecule has 0 saturated heterocycles. The van der Waals surface area contributed by atoms with Crippen LogP contribution in [0.3, 0.4) is 0 Å². The Bertz CT molecular complexity index is 892. The van der Waals surface area contributed by atoms with Gasteiger partial charge in [-0.05, 0) is 56.5 Å². The average molecular weight is 467 g/mol. The number of hydrogen-bond acceptors (Lipinski definition) is 3. The fraction of sp³-hybridized carbons (Fsp3) is 0.519. The van der Waals surface area contributed by atoms with E-state index in [0.717, 1.165) is 5.56 Å². The van der Waals surface area contributed by atoms with Crippen LogP contribution in [-0.4, -0.2) is 16.7 Å². The molecule has 0 aromatic heterocycles. The maximum Gasteiger partial charge on any atom is 0.303 e. The van der Waals surface area contributed by atoms with Gasteiger partial charge in [0, 0.05) is 24.0 Å². The lowest BCUT2D eigenvalue weighted by Crippen LogP contribution is -2.25. The van der Waals surface area contributed by atoms with E-state index in [1.54, 1.807) is 13.0 Å². The highest BCUT2D eigenvalue weighted by molar-refractivity contribution is 5.67. The van der Waals surface area contributed by atoms with Crippen molar-refractivity contribution in [2.75, 3.05) is 0 Å².